The Bertz CT molecular complexity index is 375. The number of carbonyl (C=O) groups excluding carboxylic acids is 1. The lowest BCUT2D eigenvalue weighted by atomic mass is 10.1. The average Bonchev–Trinajstić information content (AvgIpc) is 2.59. The van der Waals surface area contributed by atoms with Crippen LogP contribution in [0.2, 0.25) is 0 Å². The van der Waals surface area contributed by atoms with Crippen molar-refractivity contribution in [3.63, 3.8) is 0 Å². The van der Waals surface area contributed by atoms with Crippen molar-refractivity contribution in [1.29, 1.82) is 0 Å². The van der Waals surface area contributed by atoms with Gasteiger partial charge in [0.15, 0.2) is 0 Å². The van der Waals surface area contributed by atoms with Gasteiger partial charge in [0.25, 0.3) is 0 Å². The second-order valence-electron chi connectivity index (χ2n) is 4.06. The molecule has 2 N–H and O–H groups in total. The number of amides is 1. The van der Waals surface area contributed by atoms with Crippen LogP contribution in [0.5, 0.6) is 0 Å². The summed E-state index contributed by atoms with van der Waals surface area (Å²) in [7, 11) is 0. The molecular weight excluding hydrogens is 305 g/mol. The summed E-state index contributed by atoms with van der Waals surface area (Å²) in [4.78, 5) is 17.8. The number of allylic oxidation sites excluding steroid dienone is 1. The lowest BCUT2D eigenvalue weighted by Crippen LogP contribution is -2.32. The number of hydrogen-bond donors (Lipinski definition) is 1. The van der Waals surface area contributed by atoms with Crippen molar-refractivity contribution in [3.05, 3.63) is 11.3 Å². The number of halogens is 1. The van der Waals surface area contributed by atoms with Gasteiger partial charge >= 0.3 is 0 Å². The quantitative estimate of drug-likeness (QED) is 0.449. The number of alkyl halides is 1. The summed E-state index contributed by atoms with van der Waals surface area (Å²) < 4.78 is 0.209. The van der Waals surface area contributed by atoms with Crippen molar-refractivity contribution in [2.24, 2.45) is 16.6 Å². The van der Waals surface area contributed by atoms with Gasteiger partial charge in [-0.05, 0) is 19.4 Å². The fourth-order valence-corrected chi connectivity index (χ4v) is 2.86. The number of hydrogen-bond acceptors (Lipinski definition) is 3. The Morgan fingerprint density at radius 1 is 1.60 bits per heavy atom. The zero-order valence-corrected chi connectivity index (χ0v) is 11.0. The maximum absolute atomic E-state index is 11.2. The van der Waals surface area contributed by atoms with Crippen molar-refractivity contribution in [3.8, 4) is 0 Å². The van der Waals surface area contributed by atoms with Crippen LogP contribution >= 0.6 is 22.6 Å². The monoisotopic (exact) mass is 319 g/mol. The van der Waals surface area contributed by atoms with Gasteiger partial charge in [0.05, 0.1) is 5.92 Å². The number of nitrogens with two attached hydrogens (primary N) is 1. The van der Waals surface area contributed by atoms with Crippen LogP contribution in [0.15, 0.2) is 16.3 Å². The maximum atomic E-state index is 11.2. The summed E-state index contributed by atoms with van der Waals surface area (Å²) >= 11 is 2.31. The standard InChI is InChI=1S/C10H14IN3O/c1-5-8-3-7(10(12)15)4-14(8)6(2)13-9(5)11/h7,9H,3-4H2,1-2H3,(H2,12,15). The molecule has 5 heteroatoms. The van der Waals surface area contributed by atoms with E-state index in [1.165, 1.54) is 11.3 Å². The van der Waals surface area contributed by atoms with Crippen LogP contribution in [0.25, 0.3) is 0 Å². The van der Waals surface area contributed by atoms with Crippen molar-refractivity contribution in [2.75, 3.05) is 6.54 Å². The van der Waals surface area contributed by atoms with Crippen LogP contribution < -0.4 is 5.73 Å². The Morgan fingerprint density at radius 2 is 2.27 bits per heavy atom. The maximum Gasteiger partial charge on any atom is 0.222 e. The van der Waals surface area contributed by atoms with E-state index in [0.29, 0.717) is 6.54 Å². The molecule has 2 heterocycles. The second kappa shape index (κ2) is 3.77. The van der Waals surface area contributed by atoms with E-state index in [9.17, 15) is 4.79 Å². The van der Waals surface area contributed by atoms with Gasteiger partial charge in [0, 0.05) is 18.7 Å². The number of fused-ring (bicyclic) bond motifs is 1. The molecule has 0 radical (unpaired) electrons. The van der Waals surface area contributed by atoms with E-state index < -0.39 is 0 Å². The third kappa shape index (κ3) is 1.77. The Hall–Kier alpha value is -0.590. The first-order valence-corrected chi connectivity index (χ1v) is 6.20. The van der Waals surface area contributed by atoms with Crippen LogP contribution in [-0.4, -0.2) is 27.2 Å². The number of primary amides is 1. The molecule has 1 saturated heterocycles. The average molecular weight is 319 g/mol. The lowest BCUT2D eigenvalue weighted by molar-refractivity contribution is -0.121. The number of aliphatic imine (C=N–C) groups is 1. The highest BCUT2D eigenvalue weighted by atomic mass is 127. The van der Waals surface area contributed by atoms with E-state index >= 15 is 0 Å². The summed E-state index contributed by atoms with van der Waals surface area (Å²) in [5.41, 5.74) is 7.84. The molecule has 1 fully saturated rings. The van der Waals surface area contributed by atoms with Gasteiger partial charge in [-0.3, -0.25) is 9.79 Å². The van der Waals surface area contributed by atoms with Gasteiger partial charge in [0.1, 0.15) is 9.88 Å². The van der Waals surface area contributed by atoms with E-state index in [1.807, 2.05) is 6.92 Å². The molecule has 2 aliphatic rings. The largest absolute Gasteiger partial charge is 0.369 e. The highest BCUT2D eigenvalue weighted by Gasteiger charge is 2.35. The van der Waals surface area contributed by atoms with Crippen LogP contribution in [0.1, 0.15) is 20.3 Å². The normalized spacial score (nSPS) is 30.3. The fourth-order valence-electron chi connectivity index (χ4n) is 2.10. The number of nitrogens with zero attached hydrogens (tertiary/aromatic N) is 2. The summed E-state index contributed by atoms with van der Waals surface area (Å²) in [6.45, 7) is 4.76. The zero-order valence-electron chi connectivity index (χ0n) is 8.83. The molecule has 4 nitrogen and oxygen atoms in total. The van der Waals surface area contributed by atoms with Gasteiger partial charge in [-0.1, -0.05) is 22.6 Å². The molecule has 2 rings (SSSR count). The molecule has 2 aliphatic heterocycles. The minimum Gasteiger partial charge on any atom is -0.369 e. The molecule has 1 amide bonds. The minimum atomic E-state index is -0.206. The van der Waals surface area contributed by atoms with Crippen LogP contribution in [0.3, 0.4) is 0 Å². The number of amidine groups is 1. The molecule has 0 aromatic carbocycles. The zero-order chi connectivity index (χ0) is 11.2. The highest BCUT2D eigenvalue weighted by molar-refractivity contribution is 14.1. The van der Waals surface area contributed by atoms with E-state index in [1.54, 1.807) is 0 Å². The Morgan fingerprint density at radius 3 is 2.87 bits per heavy atom. The minimum absolute atomic E-state index is 0.0539. The van der Waals surface area contributed by atoms with Crippen molar-refractivity contribution in [2.45, 2.75) is 24.3 Å². The molecule has 2 unspecified atom stereocenters. The molecule has 0 aromatic rings. The van der Waals surface area contributed by atoms with E-state index in [4.69, 9.17) is 5.73 Å². The molecule has 0 aliphatic carbocycles. The van der Waals surface area contributed by atoms with E-state index in [0.717, 1.165) is 12.3 Å². The Kier molecular flexibility index (Phi) is 2.74. The predicted octanol–water partition coefficient (Wildman–Crippen LogP) is 1.26. The summed E-state index contributed by atoms with van der Waals surface area (Å²) in [5.74, 6) is 0.739. The first kappa shape index (κ1) is 10.9. The smallest absolute Gasteiger partial charge is 0.222 e. The van der Waals surface area contributed by atoms with Crippen molar-refractivity contribution in [1.82, 2.24) is 4.90 Å². The SMILES string of the molecule is CC1=NC(I)C(C)=C2CC(C(N)=O)CN12. The van der Waals surface area contributed by atoms with E-state index in [-0.39, 0.29) is 15.9 Å². The summed E-state index contributed by atoms with van der Waals surface area (Å²) in [6.07, 6.45) is 0.771. The van der Waals surface area contributed by atoms with Crippen LogP contribution in [0, 0.1) is 5.92 Å². The van der Waals surface area contributed by atoms with Gasteiger partial charge in [-0.2, -0.15) is 0 Å². The predicted molar refractivity (Wildman–Crippen MR) is 67.6 cm³/mol. The first-order valence-electron chi connectivity index (χ1n) is 4.95. The Balaban J connectivity index is 2.32. The van der Waals surface area contributed by atoms with Crippen molar-refractivity contribution >= 4 is 34.3 Å². The molecule has 0 aromatic heterocycles. The molecular formula is C10H14IN3O. The highest BCUT2D eigenvalue weighted by Crippen LogP contribution is 2.35. The molecule has 15 heavy (non-hydrogen) atoms. The third-order valence-corrected chi connectivity index (χ3v) is 4.29. The molecule has 82 valence electrons. The summed E-state index contributed by atoms with van der Waals surface area (Å²) in [6, 6.07) is 0. The molecule has 0 saturated carbocycles. The summed E-state index contributed by atoms with van der Waals surface area (Å²) in [5, 5.41) is 0. The molecule has 2 atom stereocenters. The van der Waals surface area contributed by atoms with Gasteiger partial charge in [-0.15, -0.1) is 0 Å². The van der Waals surface area contributed by atoms with Gasteiger partial charge in [0.2, 0.25) is 5.91 Å². The molecule has 0 bridgehead atoms. The van der Waals surface area contributed by atoms with Gasteiger partial charge in [-0.25, -0.2) is 0 Å². The molecule has 0 spiro atoms. The number of carbonyl (C=O) groups is 1. The Labute approximate surface area is 103 Å². The van der Waals surface area contributed by atoms with Crippen molar-refractivity contribution < 1.29 is 4.79 Å². The first-order chi connectivity index (χ1) is 7.00. The fraction of sp³-hybridized carbons (Fsp3) is 0.600. The topological polar surface area (TPSA) is 58.7 Å². The second-order valence-corrected chi connectivity index (χ2v) is 5.24. The van der Waals surface area contributed by atoms with E-state index in [2.05, 4.69) is 39.4 Å². The third-order valence-electron chi connectivity index (χ3n) is 3.07. The van der Waals surface area contributed by atoms with Crippen LogP contribution in [0.4, 0.5) is 0 Å². The number of rotatable bonds is 1. The lowest BCUT2D eigenvalue weighted by Gasteiger charge is -2.28. The van der Waals surface area contributed by atoms with Gasteiger partial charge < -0.3 is 10.6 Å². The van der Waals surface area contributed by atoms with Crippen LogP contribution in [-0.2, 0) is 4.79 Å².